The molecule has 0 saturated carbocycles. The van der Waals surface area contributed by atoms with Gasteiger partial charge in [0.15, 0.2) is 6.61 Å². The molecule has 3 aromatic rings. The highest BCUT2D eigenvalue weighted by atomic mass is 127. The fourth-order valence-corrected chi connectivity index (χ4v) is 3.75. The molecule has 3 aromatic carbocycles. The molecule has 5 nitrogen and oxygen atoms in total. The van der Waals surface area contributed by atoms with E-state index in [1.807, 2.05) is 49.4 Å². The third kappa shape index (κ3) is 7.56. The number of benzene rings is 3. The Kier molecular flexibility index (Phi) is 9.24. The van der Waals surface area contributed by atoms with Crippen molar-refractivity contribution in [2.24, 2.45) is 0 Å². The highest BCUT2D eigenvalue weighted by molar-refractivity contribution is 14.1. The van der Waals surface area contributed by atoms with Crippen molar-refractivity contribution in [3.05, 3.63) is 99.4 Å². The molecule has 0 bridgehead atoms. The Morgan fingerprint density at radius 3 is 2.27 bits per heavy atom. The summed E-state index contributed by atoms with van der Waals surface area (Å²) in [6, 6.07) is 22.1. The molecule has 0 fully saturated rings. The van der Waals surface area contributed by atoms with E-state index < -0.39 is 6.04 Å². The van der Waals surface area contributed by atoms with Crippen molar-refractivity contribution in [3.8, 4) is 5.75 Å². The predicted molar refractivity (Wildman–Crippen MR) is 134 cm³/mol. The number of likely N-dealkylation sites (N-methyl/N-ethyl adjacent to an activating group) is 1. The summed E-state index contributed by atoms with van der Waals surface area (Å²) in [5.41, 5.74) is 1.66. The van der Waals surface area contributed by atoms with E-state index in [1.54, 1.807) is 24.3 Å². The summed E-state index contributed by atoms with van der Waals surface area (Å²) >= 11 is 2.20. The van der Waals surface area contributed by atoms with Crippen LogP contribution in [-0.4, -0.2) is 35.9 Å². The van der Waals surface area contributed by atoms with Gasteiger partial charge in [-0.05, 0) is 77.0 Å². The summed E-state index contributed by atoms with van der Waals surface area (Å²) in [6.07, 6.45) is 0.350. The molecule has 0 aliphatic carbocycles. The Morgan fingerprint density at radius 2 is 1.64 bits per heavy atom. The number of hydrogen-bond acceptors (Lipinski definition) is 3. The Hall–Kier alpha value is -2.94. The molecule has 0 aromatic heterocycles. The average molecular weight is 560 g/mol. The van der Waals surface area contributed by atoms with Crippen molar-refractivity contribution in [1.29, 1.82) is 0 Å². The number of nitrogens with zero attached hydrogens (tertiary/aromatic N) is 1. The molecule has 7 heteroatoms. The standard InChI is InChI=1S/C26H26FIN2O3/c1-2-29-26(32)24(16-19-6-4-3-5-7-19)30(17-20-8-10-21(27)11-9-20)25(31)18-33-23-14-12-22(28)13-15-23/h3-15,24H,2,16-18H2,1H3,(H,29,32). The topological polar surface area (TPSA) is 58.6 Å². The van der Waals surface area contributed by atoms with Crippen LogP contribution in [0.25, 0.3) is 0 Å². The lowest BCUT2D eigenvalue weighted by Crippen LogP contribution is -2.51. The minimum atomic E-state index is -0.745. The van der Waals surface area contributed by atoms with Crippen molar-refractivity contribution in [2.45, 2.75) is 25.9 Å². The lowest BCUT2D eigenvalue weighted by atomic mass is 10.0. The minimum Gasteiger partial charge on any atom is -0.484 e. The van der Waals surface area contributed by atoms with E-state index in [0.717, 1.165) is 14.7 Å². The fraction of sp³-hybridized carbons (Fsp3) is 0.231. The summed E-state index contributed by atoms with van der Waals surface area (Å²) in [7, 11) is 0. The number of carbonyl (C=O) groups excluding carboxylic acids is 2. The second-order valence-corrected chi connectivity index (χ2v) is 8.74. The molecule has 3 rings (SSSR count). The van der Waals surface area contributed by atoms with Crippen molar-refractivity contribution in [1.82, 2.24) is 10.2 Å². The SMILES string of the molecule is CCNC(=O)C(Cc1ccccc1)N(Cc1ccc(F)cc1)C(=O)COc1ccc(I)cc1. The first-order valence-electron chi connectivity index (χ1n) is 10.7. The predicted octanol–water partition coefficient (Wildman–Crippen LogP) is 4.59. The third-order valence-electron chi connectivity index (χ3n) is 5.06. The van der Waals surface area contributed by atoms with E-state index in [9.17, 15) is 14.0 Å². The van der Waals surface area contributed by atoms with E-state index in [1.165, 1.54) is 17.0 Å². The molecule has 0 spiro atoms. The van der Waals surface area contributed by atoms with Crippen LogP contribution >= 0.6 is 22.6 Å². The molecule has 0 heterocycles. The van der Waals surface area contributed by atoms with Gasteiger partial charge >= 0.3 is 0 Å². The Labute approximate surface area is 207 Å². The monoisotopic (exact) mass is 560 g/mol. The number of amides is 2. The van der Waals surface area contributed by atoms with E-state index in [-0.39, 0.29) is 30.8 Å². The third-order valence-corrected chi connectivity index (χ3v) is 5.78. The Bertz CT molecular complexity index is 1040. The average Bonchev–Trinajstić information content (AvgIpc) is 2.82. The molecule has 1 atom stereocenters. The molecule has 1 unspecified atom stereocenters. The highest BCUT2D eigenvalue weighted by Gasteiger charge is 2.30. The van der Waals surface area contributed by atoms with Gasteiger partial charge in [-0.15, -0.1) is 0 Å². The van der Waals surface area contributed by atoms with Crippen LogP contribution in [0.2, 0.25) is 0 Å². The summed E-state index contributed by atoms with van der Waals surface area (Å²) < 4.78 is 20.2. The van der Waals surface area contributed by atoms with Crippen molar-refractivity contribution < 1.29 is 18.7 Å². The van der Waals surface area contributed by atoms with Gasteiger partial charge in [0.2, 0.25) is 5.91 Å². The molecule has 0 aliphatic rings. The van der Waals surface area contributed by atoms with Crippen LogP contribution in [0.1, 0.15) is 18.1 Å². The number of ether oxygens (including phenoxy) is 1. The number of rotatable bonds is 10. The molecular formula is C26H26FIN2O3. The van der Waals surface area contributed by atoms with Crippen LogP contribution in [-0.2, 0) is 22.6 Å². The Balaban J connectivity index is 1.87. The molecule has 33 heavy (non-hydrogen) atoms. The molecule has 0 saturated heterocycles. The van der Waals surface area contributed by atoms with Gasteiger partial charge < -0.3 is 15.0 Å². The summed E-state index contributed by atoms with van der Waals surface area (Å²) in [4.78, 5) is 27.9. The van der Waals surface area contributed by atoms with Gasteiger partial charge in [-0.2, -0.15) is 0 Å². The van der Waals surface area contributed by atoms with Gasteiger partial charge in [0, 0.05) is 23.1 Å². The van der Waals surface area contributed by atoms with Gasteiger partial charge in [-0.1, -0.05) is 42.5 Å². The second kappa shape index (κ2) is 12.3. The van der Waals surface area contributed by atoms with Crippen LogP contribution in [0.4, 0.5) is 4.39 Å². The summed E-state index contributed by atoms with van der Waals surface area (Å²) in [6.45, 7) is 2.22. The molecule has 2 amide bonds. The van der Waals surface area contributed by atoms with Crippen LogP contribution in [0.3, 0.4) is 0 Å². The zero-order chi connectivity index (χ0) is 23.6. The minimum absolute atomic E-state index is 0.157. The van der Waals surface area contributed by atoms with E-state index >= 15 is 0 Å². The maximum Gasteiger partial charge on any atom is 0.261 e. The van der Waals surface area contributed by atoms with E-state index in [2.05, 4.69) is 27.9 Å². The van der Waals surface area contributed by atoms with Crippen molar-refractivity contribution in [3.63, 3.8) is 0 Å². The number of nitrogens with one attached hydrogen (secondary N) is 1. The van der Waals surface area contributed by atoms with Crippen LogP contribution in [0, 0.1) is 9.39 Å². The lowest BCUT2D eigenvalue weighted by molar-refractivity contribution is -0.142. The zero-order valence-corrected chi connectivity index (χ0v) is 20.5. The lowest BCUT2D eigenvalue weighted by Gasteiger charge is -2.31. The summed E-state index contributed by atoms with van der Waals surface area (Å²) in [5, 5.41) is 2.84. The van der Waals surface area contributed by atoms with Gasteiger partial charge in [-0.3, -0.25) is 9.59 Å². The second-order valence-electron chi connectivity index (χ2n) is 7.49. The van der Waals surface area contributed by atoms with Gasteiger partial charge in [-0.25, -0.2) is 4.39 Å². The molecular weight excluding hydrogens is 534 g/mol. The van der Waals surface area contributed by atoms with Crippen molar-refractivity contribution in [2.75, 3.05) is 13.2 Å². The van der Waals surface area contributed by atoms with Gasteiger partial charge in [0.05, 0.1) is 0 Å². The number of hydrogen-bond donors (Lipinski definition) is 1. The zero-order valence-electron chi connectivity index (χ0n) is 18.3. The van der Waals surface area contributed by atoms with Crippen LogP contribution in [0.15, 0.2) is 78.9 Å². The van der Waals surface area contributed by atoms with E-state index in [0.29, 0.717) is 18.7 Å². The normalized spacial score (nSPS) is 11.5. The summed E-state index contributed by atoms with van der Waals surface area (Å²) in [5.74, 6) is -0.359. The largest absolute Gasteiger partial charge is 0.484 e. The van der Waals surface area contributed by atoms with Crippen LogP contribution < -0.4 is 10.1 Å². The van der Waals surface area contributed by atoms with Crippen molar-refractivity contribution >= 4 is 34.4 Å². The first-order valence-corrected chi connectivity index (χ1v) is 11.8. The van der Waals surface area contributed by atoms with E-state index in [4.69, 9.17) is 4.74 Å². The molecule has 0 aliphatic heterocycles. The first-order chi connectivity index (χ1) is 16.0. The first kappa shape index (κ1) is 24.7. The number of carbonyl (C=O) groups is 2. The van der Waals surface area contributed by atoms with Gasteiger partial charge in [0.25, 0.3) is 5.91 Å². The molecule has 172 valence electrons. The fourth-order valence-electron chi connectivity index (χ4n) is 3.39. The maximum atomic E-state index is 13.4. The smallest absolute Gasteiger partial charge is 0.261 e. The molecule has 1 N–H and O–H groups in total. The Morgan fingerprint density at radius 1 is 0.970 bits per heavy atom. The highest BCUT2D eigenvalue weighted by Crippen LogP contribution is 2.17. The number of halogens is 2. The van der Waals surface area contributed by atoms with Gasteiger partial charge in [0.1, 0.15) is 17.6 Å². The molecule has 0 radical (unpaired) electrons. The van der Waals surface area contributed by atoms with Crippen LogP contribution in [0.5, 0.6) is 5.75 Å². The maximum absolute atomic E-state index is 13.4. The quantitative estimate of drug-likeness (QED) is 0.370.